The minimum atomic E-state index is -0.868. The molecule has 1 aromatic heterocycles. The molecule has 0 saturated heterocycles. The van der Waals surface area contributed by atoms with Crippen molar-refractivity contribution in [1.82, 2.24) is 4.98 Å². The predicted octanol–water partition coefficient (Wildman–Crippen LogP) is 3.63. The van der Waals surface area contributed by atoms with Crippen molar-refractivity contribution >= 4 is 17.3 Å². The lowest BCUT2D eigenvalue weighted by atomic mass is 10.1. The Morgan fingerprint density at radius 3 is 2.58 bits per heavy atom. The Morgan fingerprint density at radius 2 is 2.00 bits per heavy atom. The summed E-state index contributed by atoms with van der Waals surface area (Å²) < 4.78 is 0. The zero-order valence-electron chi connectivity index (χ0n) is 11.1. The first kappa shape index (κ1) is 13.7. The third-order valence-electron chi connectivity index (χ3n) is 2.74. The second kappa shape index (κ2) is 5.97. The number of thiazole rings is 1. The van der Waals surface area contributed by atoms with Crippen molar-refractivity contribution in [3.05, 3.63) is 51.5 Å². The van der Waals surface area contributed by atoms with Gasteiger partial charge < -0.3 is 5.11 Å². The van der Waals surface area contributed by atoms with E-state index in [1.807, 2.05) is 30.3 Å². The number of hydrogen-bond donors (Lipinski definition) is 1. The van der Waals surface area contributed by atoms with Crippen molar-refractivity contribution in [2.75, 3.05) is 0 Å². The smallest absolute Gasteiger partial charge is 0.347 e. The molecule has 3 nitrogen and oxygen atoms in total. The zero-order valence-corrected chi connectivity index (χ0v) is 11.9. The van der Waals surface area contributed by atoms with Crippen LogP contribution >= 0.6 is 11.3 Å². The molecule has 100 valence electrons. The Kier molecular flexibility index (Phi) is 4.32. The maximum atomic E-state index is 11.2. The van der Waals surface area contributed by atoms with Gasteiger partial charge in [-0.3, -0.25) is 0 Å². The van der Waals surface area contributed by atoms with E-state index in [1.165, 1.54) is 11.3 Å². The number of aromatic carboxylic acids is 1. The molecule has 0 spiro atoms. The summed E-state index contributed by atoms with van der Waals surface area (Å²) in [6.07, 6.45) is 1.41. The van der Waals surface area contributed by atoms with Crippen molar-refractivity contribution < 1.29 is 9.90 Å². The molecule has 0 bridgehead atoms. The van der Waals surface area contributed by atoms with Crippen LogP contribution in [0.2, 0.25) is 0 Å². The fraction of sp³-hybridized carbons (Fsp3) is 0.333. The molecule has 0 saturated carbocycles. The highest BCUT2D eigenvalue weighted by Crippen LogP contribution is 2.23. The Labute approximate surface area is 116 Å². The summed E-state index contributed by atoms with van der Waals surface area (Å²) >= 11 is 1.29. The van der Waals surface area contributed by atoms with E-state index >= 15 is 0 Å². The van der Waals surface area contributed by atoms with Crippen molar-refractivity contribution in [2.24, 2.45) is 5.92 Å². The summed E-state index contributed by atoms with van der Waals surface area (Å²) in [6.45, 7) is 4.14. The van der Waals surface area contributed by atoms with Crippen LogP contribution in [0.4, 0.5) is 0 Å². The van der Waals surface area contributed by atoms with E-state index in [2.05, 4.69) is 18.8 Å². The maximum absolute atomic E-state index is 11.2. The molecular weight excluding hydrogens is 258 g/mol. The highest BCUT2D eigenvalue weighted by atomic mass is 32.1. The topological polar surface area (TPSA) is 50.2 Å². The number of carboxylic acid groups (broad SMARTS) is 1. The summed E-state index contributed by atoms with van der Waals surface area (Å²) in [5.74, 6) is -0.461. The van der Waals surface area contributed by atoms with Gasteiger partial charge in [-0.15, -0.1) is 11.3 Å². The Hall–Kier alpha value is -1.68. The quantitative estimate of drug-likeness (QED) is 0.906. The highest BCUT2D eigenvalue weighted by molar-refractivity contribution is 7.13. The van der Waals surface area contributed by atoms with E-state index in [1.54, 1.807) is 0 Å². The second-order valence-corrected chi connectivity index (χ2v) is 6.03. The van der Waals surface area contributed by atoms with Gasteiger partial charge in [-0.05, 0) is 17.9 Å². The number of carbonyl (C=O) groups is 1. The normalized spacial score (nSPS) is 10.9. The summed E-state index contributed by atoms with van der Waals surface area (Å²) in [7, 11) is 0. The molecule has 0 amide bonds. The molecule has 0 aliphatic carbocycles. The fourth-order valence-corrected chi connectivity index (χ4v) is 2.90. The molecule has 0 fully saturated rings. The first-order valence-electron chi connectivity index (χ1n) is 6.32. The first-order valence-corrected chi connectivity index (χ1v) is 7.13. The Morgan fingerprint density at radius 1 is 1.32 bits per heavy atom. The van der Waals surface area contributed by atoms with Gasteiger partial charge >= 0.3 is 5.97 Å². The van der Waals surface area contributed by atoms with Gasteiger partial charge in [0, 0.05) is 6.42 Å². The van der Waals surface area contributed by atoms with Gasteiger partial charge in [0.25, 0.3) is 0 Å². The van der Waals surface area contributed by atoms with Crippen LogP contribution in [0.25, 0.3) is 0 Å². The van der Waals surface area contributed by atoms with Gasteiger partial charge in [0.15, 0.2) is 0 Å². The number of hydrogen-bond acceptors (Lipinski definition) is 3. The van der Waals surface area contributed by atoms with E-state index < -0.39 is 5.97 Å². The van der Waals surface area contributed by atoms with E-state index in [0.29, 0.717) is 23.6 Å². The van der Waals surface area contributed by atoms with Gasteiger partial charge in [-0.1, -0.05) is 44.2 Å². The molecule has 2 aromatic rings. The van der Waals surface area contributed by atoms with Crippen molar-refractivity contribution in [2.45, 2.75) is 26.7 Å². The van der Waals surface area contributed by atoms with Gasteiger partial charge in [0.2, 0.25) is 0 Å². The molecular formula is C15H17NO2S. The van der Waals surface area contributed by atoms with Crippen LogP contribution in [0.15, 0.2) is 30.3 Å². The minimum absolute atomic E-state index is 0.389. The molecule has 1 aromatic carbocycles. The van der Waals surface area contributed by atoms with Crippen LogP contribution < -0.4 is 0 Å². The van der Waals surface area contributed by atoms with Crippen LogP contribution in [0.5, 0.6) is 0 Å². The summed E-state index contributed by atoms with van der Waals surface area (Å²) in [5.41, 5.74) is 1.88. The number of benzene rings is 1. The molecule has 0 aliphatic heterocycles. The molecule has 0 aliphatic rings. The van der Waals surface area contributed by atoms with Gasteiger partial charge in [-0.25, -0.2) is 9.78 Å². The Bertz CT molecular complexity index is 561. The third-order valence-corrected chi connectivity index (χ3v) is 3.82. The summed E-state index contributed by atoms with van der Waals surface area (Å²) in [5, 5.41) is 10.1. The molecule has 2 rings (SSSR count). The molecule has 0 unspecified atom stereocenters. The molecule has 1 heterocycles. The number of rotatable bonds is 5. The lowest BCUT2D eigenvalue weighted by Crippen LogP contribution is -2.02. The molecule has 0 radical (unpaired) electrons. The lowest BCUT2D eigenvalue weighted by molar-refractivity contribution is 0.0700. The van der Waals surface area contributed by atoms with Crippen molar-refractivity contribution in [3.8, 4) is 0 Å². The standard InChI is InChI=1S/C15H17NO2S/c1-10(2)8-12-14(15(17)18)19-13(16-12)9-11-6-4-3-5-7-11/h3-7,10H,8-9H2,1-2H3,(H,17,18). The molecule has 0 atom stereocenters. The number of nitrogens with zero attached hydrogens (tertiary/aromatic N) is 1. The van der Waals surface area contributed by atoms with Crippen LogP contribution in [0.1, 0.15) is 39.8 Å². The van der Waals surface area contributed by atoms with Crippen molar-refractivity contribution in [1.29, 1.82) is 0 Å². The van der Waals surface area contributed by atoms with E-state index in [9.17, 15) is 9.90 Å². The van der Waals surface area contributed by atoms with E-state index in [4.69, 9.17) is 0 Å². The van der Waals surface area contributed by atoms with E-state index in [-0.39, 0.29) is 0 Å². The summed E-state index contributed by atoms with van der Waals surface area (Å²) in [6, 6.07) is 10.00. The molecule has 1 N–H and O–H groups in total. The predicted molar refractivity (Wildman–Crippen MR) is 76.9 cm³/mol. The molecule has 19 heavy (non-hydrogen) atoms. The van der Waals surface area contributed by atoms with Crippen LogP contribution in [-0.4, -0.2) is 16.1 Å². The van der Waals surface area contributed by atoms with Gasteiger partial charge in [0.05, 0.1) is 10.7 Å². The summed E-state index contributed by atoms with van der Waals surface area (Å²) in [4.78, 5) is 16.1. The van der Waals surface area contributed by atoms with Crippen LogP contribution in [-0.2, 0) is 12.8 Å². The van der Waals surface area contributed by atoms with Gasteiger partial charge in [0.1, 0.15) is 4.88 Å². The van der Waals surface area contributed by atoms with Crippen LogP contribution in [0, 0.1) is 5.92 Å². The average Bonchev–Trinajstić information content (AvgIpc) is 2.72. The van der Waals surface area contributed by atoms with Crippen molar-refractivity contribution in [3.63, 3.8) is 0 Å². The van der Waals surface area contributed by atoms with Crippen LogP contribution in [0.3, 0.4) is 0 Å². The largest absolute Gasteiger partial charge is 0.477 e. The van der Waals surface area contributed by atoms with Gasteiger partial charge in [-0.2, -0.15) is 0 Å². The second-order valence-electron chi connectivity index (χ2n) is 4.95. The molecule has 4 heteroatoms. The number of carboxylic acids is 1. The SMILES string of the molecule is CC(C)Cc1nc(Cc2ccccc2)sc1C(=O)O. The lowest BCUT2D eigenvalue weighted by Gasteiger charge is -2.01. The monoisotopic (exact) mass is 275 g/mol. The zero-order chi connectivity index (χ0) is 13.8. The fourth-order valence-electron chi connectivity index (χ4n) is 1.94. The Balaban J connectivity index is 2.25. The maximum Gasteiger partial charge on any atom is 0.347 e. The number of aromatic nitrogens is 1. The minimum Gasteiger partial charge on any atom is -0.477 e. The van der Waals surface area contributed by atoms with E-state index in [0.717, 1.165) is 16.3 Å². The average molecular weight is 275 g/mol. The first-order chi connectivity index (χ1) is 9.06. The highest BCUT2D eigenvalue weighted by Gasteiger charge is 2.18. The third kappa shape index (κ3) is 3.64.